The van der Waals surface area contributed by atoms with Crippen LogP contribution in [0.15, 0.2) is 21.8 Å². The molecule has 2 saturated carbocycles. The molecule has 158 valence electrons. The third-order valence-electron chi connectivity index (χ3n) is 6.89. The summed E-state index contributed by atoms with van der Waals surface area (Å²) in [5.74, 6) is 0.984. The molecular formula is C21H35IN4OS. The monoisotopic (exact) mass is 518 g/mol. The molecule has 3 fully saturated rings. The Morgan fingerprint density at radius 3 is 2.68 bits per heavy atom. The lowest BCUT2D eigenvalue weighted by Crippen LogP contribution is -2.69. The molecule has 28 heavy (non-hydrogen) atoms. The van der Waals surface area contributed by atoms with Crippen LogP contribution in [0.5, 0.6) is 0 Å². The van der Waals surface area contributed by atoms with E-state index in [0.717, 1.165) is 38.6 Å². The van der Waals surface area contributed by atoms with Gasteiger partial charge in [0.1, 0.15) is 0 Å². The van der Waals surface area contributed by atoms with Crippen molar-refractivity contribution in [3.63, 3.8) is 0 Å². The first kappa shape index (κ1) is 22.3. The smallest absolute Gasteiger partial charge is 0.191 e. The number of thiophene rings is 1. The minimum Gasteiger partial charge on any atom is -0.378 e. The lowest BCUT2D eigenvalue weighted by atomic mass is 9.51. The van der Waals surface area contributed by atoms with E-state index in [1.54, 1.807) is 11.3 Å². The van der Waals surface area contributed by atoms with Gasteiger partial charge in [-0.25, -0.2) is 0 Å². The number of nitrogens with one attached hydrogen (secondary N) is 2. The van der Waals surface area contributed by atoms with E-state index in [9.17, 15) is 0 Å². The van der Waals surface area contributed by atoms with E-state index in [1.807, 2.05) is 7.05 Å². The Morgan fingerprint density at radius 2 is 2.11 bits per heavy atom. The number of hydrogen-bond donors (Lipinski definition) is 2. The number of aliphatic imine (C=N–C) groups is 1. The highest BCUT2D eigenvalue weighted by Gasteiger charge is 2.59. The molecule has 1 aliphatic heterocycles. The highest BCUT2D eigenvalue weighted by Crippen LogP contribution is 2.57. The summed E-state index contributed by atoms with van der Waals surface area (Å²) in [7, 11) is 1.90. The Balaban J connectivity index is 0.00000225. The van der Waals surface area contributed by atoms with E-state index in [1.165, 1.54) is 37.7 Å². The van der Waals surface area contributed by atoms with E-state index < -0.39 is 0 Å². The predicted octanol–water partition coefficient (Wildman–Crippen LogP) is 3.84. The maximum atomic E-state index is 5.98. The molecule has 1 aromatic heterocycles. The van der Waals surface area contributed by atoms with Crippen LogP contribution in [0.1, 0.15) is 51.0 Å². The van der Waals surface area contributed by atoms with Gasteiger partial charge < -0.3 is 15.4 Å². The maximum absolute atomic E-state index is 5.98. The summed E-state index contributed by atoms with van der Waals surface area (Å²) in [5, 5.41) is 11.9. The molecule has 4 rings (SSSR count). The molecule has 2 atom stereocenters. The minimum absolute atomic E-state index is 0. The van der Waals surface area contributed by atoms with E-state index in [4.69, 9.17) is 4.74 Å². The van der Waals surface area contributed by atoms with Crippen molar-refractivity contribution < 1.29 is 4.74 Å². The number of piperidine rings is 1. The zero-order chi connectivity index (χ0) is 18.7. The quantitative estimate of drug-likeness (QED) is 0.342. The molecule has 0 aromatic carbocycles. The molecular weight excluding hydrogens is 483 g/mol. The molecule has 1 aromatic rings. The van der Waals surface area contributed by atoms with Gasteiger partial charge in [0.15, 0.2) is 5.96 Å². The summed E-state index contributed by atoms with van der Waals surface area (Å²) >= 11 is 1.79. The second-order valence-corrected chi connectivity index (χ2v) is 9.14. The van der Waals surface area contributed by atoms with Gasteiger partial charge in [0.25, 0.3) is 0 Å². The molecule has 2 N–H and O–H groups in total. The van der Waals surface area contributed by atoms with E-state index >= 15 is 0 Å². The van der Waals surface area contributed by atoms with Gasteiger partial charge in [-0.05, 0) is 61.4 Å². The SMILES string of the molecule is CCOC1CC(NC(=NC)NC2CCN(Cc3ccsc3)CC2)C12CCC2.I. The van der Waals surface area contributed by atoms with Gasteiger partial charge in [0.2, 0.25) is 0 Å². The summed E-state index contributed by atoms with van der Waals surface area (Å²) in [6.45, 7) is 6.34. The van der Waals surface area contributed by atoms with E-state index in [2.05, 4.69) is 44.3 Å². The first-order valence-corrected chi connectivity index (χ1v) is 11.5. The molecule has 2 aliphatic carbocycles. The molecule has 0 radical (unpaired) electrons. The van der Waals surface area contributed by atoms with Crippen LogP contribution in [0.4, 0.5) is 0 Å². The topological polar surface area (TPSA) is 48.9 Å². The Labute approximate surface area is 190 Å². The van der Waals surface area contributed by atoms with Gasteiger partial charge in [-0.3, -0.25) is 9.89 Å². The van der Waals surface area contributed by atoms with Crippen molar-refractivity contribution in [2.75, 3.05) is 26.7 Å². The van der Waals surface area contributed by atoms with Crippen LogP contribution >= 0.6 is 35.3 Å². The fraction of sp³-hybridized carbons (Fsp3) is 0.762. The first-order chi connectivity index (χ1) is 13.2. The molecule has 7 heteroatoms. The lowest BCUT2D eigenvalue weighted by molar-refractivity contribution is -0.168. The third kappa shape index (κ3) is 4.68. The first-order valence-electron chi connectivity index (χ1n) is 10.6. The number of likely N-dealkylation sites (tertiary alicyclic amines) is 1. The Morgan fingerprint density at radius 1 is 1.32 bits per heavy atom. The number of guanidine groups is 1. The van der Waals surface area contributed by atoms with Crippen molar-refractivity contribution in [2.24, 2.45) is 10.4 Å². The molecule has 1 spiro atoms. The average molecular weight is 519 g/mol. The van der Waals surface area contributed by atoms with Gasteiger partial charge in [-0.2, -0.15) is 11.3 Å². The van der Waals surface area contributed by atoms with Crippen LogP contribution in [-0.2, 0) is 11.3 Å². The largest absolute Gasteiger partial charge is 0.378 e. The van der Waals surface area contributed by atoms with Gasteiger partial charge in [-0.15, -0.1) is 24.0 Å². The summed E-state index contributed by atoms with van der Waals surface area (Å²) in [4.78, 5) is 7.09. The maximum Gasteiger partial charge on any atom is 0.191 e. The number of rotatable bonds is 6. The van der Waals surface area contributed by atoms with Gasteiger partial charge in [0, 0.05) is 50.8 Å². The van der Waals surface area contributed by atoms with Gasteiger partial charge >= 0.3 is 0 Å². The summed E-state index contributed by atoms with van der Waals surface area (Å²) < 4.78 is 5.98. The standard InChI is InChI=1S/C21H34N4OS.HI/c1-3-26-19-13-18(21(19)8-4-9-21)24-20(22-2)23-17-5-10-25(11-6-17)14-16-7-12-27-15-16;/h7,12,15,17-19H,3-6,8-11,13-14H2,1-2H3,(H2,22,23,24);1H. The molecule has 0 amide bonds. The van der Waals surface area contributed by atoms with E-state index in [-0.39, 0.29) is 24.0 Å². The van der Waals surface area contributed by atoms with E-state index in [0.29, 0.717) is 23.6 Å². The van der Waals surface area contributed by atoms with Crippen molar-refractivity contribution in [2.45, 2.75) is 70.2 Å². The van der Waals surface area contributed by atoms with Crippen LogP contribution in [0.2, 0.25) is 0 Å². The molecule has 5 nitrogen and oxygen atoms in total. The number of halogens is 1. The summed E-state index contributed by atoms with van der Waals surface area (Å²) in [6.07, 6.45) is 7.88. The Bertz CT molecular complexity index is 626. The fourth-order valence-electron chi connectivity index (χ4n) is 5.05. The number of ether oxygens (including phenoxy) is 1. The summed E-state index contributed by atoms with van der Waals surface area (Å²) in [6, 6.07) is 3.29. The van der Waals surface area contributed by atoms with Crippen LogP contribution in [0.25, 0.3) is 0 Å². The molecule has 2 unspecified atom stereocenters. The highest BCUT2D eigenvalue weighted by atomic mass is 127. The van der Waals surface area contributed by atoms with Crippen LogP contribution in [0.3, 0.4) is 0 Å². The van der Waals surface area contributed by atoms with Crippen molar-refractivity contribution in [1.29, 1.82) is 0 Å². The minimum atomic E-state index is 0. The number of nitrogens with zero attached hydrogens (tertiary/aromatic N) is 2. The van der Waals surface area contributed by atoms with Gasteiger partial charge in [0.05, 0.1) is 6.10 Å². The van der Waals surface area contributed by atoms with Crippen molar-refractivity contribution in [3.05, 3.63) is 22.4 Å². The second kappa shape index (κ2) is 10.1. The van der Waals surface area contributed by atoms with Gasteiger partial charge in [-0.1, -0.05) is 6.42 Å². The zero-order valence-electron chi connectivity index (χ0n) is 17.2. The third-order valence-corrected chi connectivity index (χ3v) is 7.62. The molecule has 1 saturated heterocycles. The van der Waals surface area contributed by atoms with Crippen LogP contribution < -0.4 is 10.6 Å². The Hall–Kier alpha value is -0.380. The van der Waals surface area contributed by atoms with Crippen LogP contribution in [-0.4, -0.2) is 55.8 Å². The molecule has 0 bridgehead atoms. The zero-order valence-corrected chi connectivity index (χ0v) is 20.3. The highest BCUT2D eigenvalue weighted by molar-refractivity contribution is 14.0. The van der Waals surface area contributed by atoms with Crippen molar-refractivity contribution in [1.82, 2.24) is 15.5 Å². The predicted molar refractivity (Wildman–Crippen MR) is 128 cm³/mol. The lowest BCUT2D eigenvalue weighted by Gasteiger charge is -2.61. The normalized spacial score (nSPS) is 27.6. The second-order valence-electron chi connectivity index (χ2n) is 8.36. The van der Waals surface area contributed by atoms with Crippen LogP contribution in [0, 0.1) is 5.41 Å². The molecule has 2 heterocycles. The fourth-order valence-corrected chi connectivity index (χ4v) is 5.71. The Kier molecular flexibility index (Phi) is 8.04. The summed E-state index contributed by atoms with van der Waals surface area (Å²) in [5.41, 5.74) is 1.82. The molecule has 3 aliphatic rings. The number of hydrogen-bond acceptors (Lipinski definition) is 4. The van der Waals surface area contributed by atoms with Crippen molar-refractivity contribution in [3.8, 4) is 0 Å². The average Bonchev–Trinajstić information content (AvgIpc) is 3.13. The van der Waals surface area contributed by atoms with Crippen molar-refractivity contribution >= 4 is 41.3 Å².